The number of carbonyl (C=O) groups is 1. The van der Waals surface area contributed by atoms with Crippen molar-refractivity contribution < 1.29 is 14.3 Å². The molecule has 1 aliphatic rings. The Morgan fingerprint density at radius 2 is 2.38 bits per heavy atom. The second-order valence-corrected chi connectivity index (χ2v) is 6.15. The zero-order chi connectivity index (χ0) is 14.8. The van der Waals surface area contributed by atoms with E-state index in [0.29, 0.717) is 17.2 Å². The van der Waals surface area contributed by atoms with Gasteiger partial charge in [0, 0.05) is 16.7 Å². The predicted molar refractivity (Wildman–Crippen MR) is 84.1 cm³/mol. The van der Waals surface area contributed by atoms with E-state index >= 15 is 0 Å². The SMILES string of the molecule is COc1ccc2c(N)c(C(=O)NC3CCCOC3)sc2c1. The van der Waals surface area contributed by atoms with E-state index < -0.39 is 0 Å². The Labute approximate surface area is 127 Å². The zero-order valence-corrected chi connectivity index (χ0v) is 12.7. The number of carbonyl (C=O) groups excluding carboxylic acids is 1. The minimum atomic E-state index is -0.122. The van der Waals surface area contributed by atoms with Crippen LogP contribution in [0.3, 0.4) is 0 Å². The molecule has 1 fully saturated rings. The fraction of sp³-hybridized carbons (Fsp3) is 0.400. The van der Waals surface area contributed by atoms with Gasteiger partial charge >= 0.3 is 0 Å². The Hall–Kier alpha value is -1.79. The predicted octanol–water partition coefficient (Wildman–Crippen LogP) is 2.40. The van der Waals surface area contributed by atoms with Gasteiger partial charge in [0.1, 0.15) is 10.6 Å². The normalized spacial score (nSPS) is 18.6. The number of amides is 1. The maximum absolute atomic E-state index is 12.4. The third-order valence-corrected chi connectivity index (χ3v) is 4.80. The molecule has 1 saturated heterocycles. The summed E-state index contributed by atoms with van der Waals surface area (Å²) in [5, 5.41) is 3.90. The van der Waals surface area contributed by atoms with Crippen molar-refractivity contribution in [2.45, 2.75) is 18.9 Å². The summed E-state index contributed by atoms with van der Waals surface area (Å²) < 4.78 is 11.5. The van der Waals surface area contributed by atoms with Crippen molar-refractivity contribution in [3.8, 4) is 5.75 Å². The Morgan fingerprint density at radius 3 is 3.10 bits per heavy atom. The molecule has 1 aliphatic heterocycles. The van der Waals surface area contributed by atoms with Crippen molar-refractivity contribution in [3.05, 3.63) is 23.1 Å². The maximum atomic E-state index is 12.4. The highest BCUT2D eigenvalue weighted by Gasteiger charge is 2.21. The maximum Gasteiger partial charge on any atom is 0.263 e. The molecule has 112 valence electrons. The molecule has 1 aromatic heterocycles. The van der Waals surface area contributed by atoms with Crippen molar-refractivity contribution in [1.29, 1.82) is 0 Å². The first-order chi connectivity index (χ1) is 10.2. The molecule has 0 saturated carbocycles. The minimum Gasteiger partial charge on any atom is -0.497 e. The van der Waals surface area contributed by atoms with Gasteiger partial charge < -0.3 is 20.5 Å². The van der Waals surface area contributed by atoms with Crippen LogP contribution in [0, 0.1) is 0 Å². The lowest BCUT2D eigenvalue weighted by molar-refractivity contribution is 0.0626. The van der Waals surface area contributed by atoms with Crippen molar-refractivity contribution in [2.75, 3.05) is 26.1 Å². The van der Waals surface area contributed by atoms with E-state index in [9.17, 15) is 4.79 Å². The van der Waals surface area contributed by atoms with Gasteiger partial charge in [0.05, 0.1) is 25.4 Å². The van der Waals surface area contributed by atoms with Crippen molar-refractivity contribution >= 4 is 33.0 Å². The average molecular weight is 306 g/mol. The highest BCUT2D eigenvalue weighted by molar-refractivity contribution is 7.21. The molecule has 1 aromatic carbocycles. The number of methoxy groups -OCH3 is 1. The number of rotatable bonds is 3. The van der Waals surface area contributed by atoms with E-state index in [4.69, 9.17) is 15.2 Å². The monoisotopic (exact) mass is 306 g/mol. The molecule has 0 bridgehead atoms. The summed E-state index contributed by atoms with van der Waals surface area (Å²) in [6, 6.07) is 5.71. The molecule has 2 heterocycles. The second kappa shape index (κ2) is 5.91. The first-order valence-electron chi connectivity index (χ1n) is 6.93. The third kappa shape index (κ3) is 2.82. The van der Waals surface area contributed by atoms with Crippen LogP contribution in [0.4, 0.5) is 5.69 Å². The molecular weight excluding hydrogens is 288 g/mol. The van der Waals surface area contributed by atoms with Gasteiger partial charge in [0.15, 0.2) is 0 Å². The van der Waals surface area contributed by atoms with Gasteiger partial charge in [-0.3, -0.25) is 4.79 Å². The van der Waals surface area contributed by atoms with E-state index in [2.05, 4.69) is 5.32 Å². The fourth-order valence-electron chi connectivity index (χ4n) is 2.50. The van der Waals surface area contributed by atoms with Gasteiger partial charge in [-0.1, -0.05) is 0 Å². The van der Waals surface area contributed by atoms with Crippen LogP contribution in [0.2, 0.25) is 0 Å². The van der Waals surface area contributed by atoms with Gasteiger partial charge in [0.25, 0.3) is 5.91 Å². The molecule has 3 rings (SSSR count). The number of fused-ring (bicyclic) bond motifs is 1. The minimum absolute atomic E-state index is 0.0744. The topological polar surface area (TPSA) is 73.6 Å². The van der Waals surface area contributed by atoms with Gasteiger partial charge in [-0.2, -0.15) is 0 Å². The molecule has 0 spiro atoms. The number of nitrogen functional groups attached to an aromatic ring is 1. The van der Waals surface area contributed by atoms with E-state index in [-0.39, 0.29) is 11.9 Å². The van der Waals surface area contributed by atoms with Crippen LogP contribution < -0.4 is 15.8 Å². The number of hydrogen-bond acceptors (Lipinski definition) is 5. The molecule has 5 nitrogen and oxygen atoms in total. The first kappa shape index (κ1) is 14.2. The van der Waals surface area contributed by atoms with Crippen LogP contribution in [0.25, 0.3) is 10.1 Å². The zero-order valence-electron chi connectivity index (χ0n) is 11.8. The molecule has 1 amide bonds. The van der Waals surface area contributed by atoms with Gasteiger partial charge in [-0.15, -0.1) is 11.3 Å². The van der Waals surface area contributed by atoms with Crippen LogP contribution in [0.1, 0.15) is 22.5 Å². The van der Waals surface area contributed by atoms with Crippen molar-refractivity contribution in [2.24, 2.45) is 0 Å². The van der Waals surface area contributed by atoms with Gasteiger partial charge in [-0.25, -0.2) is 0 Å². The number of nitrogens with two attached hydrogens (primary N) is 1. The molecule has 0 aliphatic carbocycles. The smallest absolute Gasteiger partial charge is 0.263 e. The summed E-state index contributed by atoms with van der Waals surface area (Å²) in [5.41, 5.74) is 6.65. The highest BCUT2D eigenvalue weighted by atomic mass is 32.1. The lowest BCUT2D eigenvalue weighted by Gasteiger charge is -2.22. The van der Waals surface area contributed by atoms with E-state index in [1.807, 2.05) is 18.2 Å². The van der Waals surface area contributed by atoms with Crippen molar-refractivity contribution in [3.63, 3.8) is 0 Å². The Kier molecular flexibility index (Phi) is 3.98. The lowest BCUT2D eigenvalue weighted by Crippen LogP contribution is -2.40. The number of hydrogen-bond donors (Lipinski definition) is 2. The Balaban J connectivity index is 1.85. The Bertz CT molecular complexity index is 662. The first-order valence-corrected chi connectivity index (χ1v) is 7.75. The average Bonchev–Trinajstić information content (AvgIpc) is 2.85. The second-order valence-electron chi connectivity index (χ2n) is 5.09. The summed E-state index contributed by atoms with van der Waals surface area (Å²) in [6.07, 6.45) is 1.93. The number of benzene rings is 1. The molecule has 1 atom stereocenters. The molecule has 0 radical (unpaired) electrons. The number of ether oxygens (including phenoxy) is 2. The fourth-order valence-corrected chi connectivity index (χ4v) is 3.55. The van der Waals surface area contributed by atoms with Gasteiger partial charge in [0.2, 0.25) is 0 Å². The van der Waals surface area contributed by atoms with E-state index in [0.717, 1.165) is 35.3 Å². The van der Waals surface area contributed by atoms with E-state index in [1.165, 1.54) is 11.3 Å². The largest absolute Gasteiger partial charge is 0.497 e. The summed E-state index contributed by atoms with van der Waals surface area (Å²) in [4.78, 5) is 12.9. The Morgan fingerprint density at radius 1 is 1.52 bits per heavy atom. The number of anilines is 1. The van der Waals surface area contributed by atoms with Crippen LogP contribution in [-0.2, 0) is 4.74 Å². The standard InChI is InChI=1S/C15H18N2O3S/c1-19-10-4-5-11-12(7-10)21-14(13(11)16)15(18)17-9-3-2-6-20-8-9/h4-5,7,9H,2-3,6,8,16H2,1H3,(H,17,18). The quantitative estimate of drug-likeness (QED) is 0.913. The highest BCUT2D eigenvalue weighted by Crippen LogP contribution is 2.35. The molecule has 21 heavy (non-hydrogen) atoms. The third-order valence-electron chi connectivity index (χ3n) is 3.64. The molecule has 1 unspecified atom stereocenters. The van der Waals surface area contributed by atoms with Crippen LogP contribution in [-0.4, -0.2) is 32.3 Å². The summed E-state index contributed by atoms with van der Waals surface area (Å²) in [6.45, 7) is 1.35. The number of nitrogens with one attached hydrogen (secondary N) is 1. The van der Waals surface area contributed by atoms with Crippen LogP contribution >= 0.6 is 11.3 Å². The lowest BCUT2D eigenvalue weighted by atomic mass is 10.1. The van der Waals surface area contributed by atoms with Crippen LogP contribution in [0.15, 0.2) is 18.2 Å². The van der Waals surface area contributed by atoms with Crippen LogP contribution in [0.5, 0.6) is 5.75 Å². The summed E-state index contributed by atoms with van der Waals surface area (Å²) in [5.74, 6) is 0.638. The molecule has 6 heteroatoms. The summed E-state index contributed by atoms with van der Waals surface area (Å²) in [7, 11) is 1.62. The summed E-state index contributed by atoms with van der Waals surface area (Å²) >= 11 is 1.39. The van der Waals surface area contributed by atoms with Gasteiger partial charge in [-0.05, 0) is 31.0 Å². The number of thiophene rings is 1. The molecule has 3 N–H and O–H groups in total. The molecule has 2 aromatic rings. The van der Waals surface area contributed by atoms with Crippen molar-refractivity contribution in [1.82, 2.24) is 5.32 Å². The van der Waals surface area contributed by atoms with E-state index in [1.54, 1.807) is 7.11 Å². The molecular formula is C15H18N2O3S.